The van der Waals surface area contributed by atoms with E-state index in [2.05, 4.69) is 61.2 Å². The summed E-state index contributed by atoms with van der Waals surface area (Å²) in [4.78, 5) is 2.54. The van der Waals surface area contributed by atoms with E-state index in [-0.39, 0.29) is 0 Å². The average Bonchev–Trinajstić information content (AvgIpc) is 3.27. The Balaban J connectivity index is 1.52. The molecule has 0 amide bonds. The van der Waals surface area contributed by atoms with Crippen LogP contribution in [-0.2, 0) is 0 Å². The quantitative estimate of drug-likeness (QED) is 0.774. The zero-order chi connectivity index (χ0) is 15.5. The minimum atomic E-state index is 0.352. The summed E-state index contributed by atoms with van der Waals surface area (Å²) in [6, 6.07) is 14.8. The monoisotopic (exact) mass is 309 g/mol. The van der Waals surface area contributed by atoms with Gasteiger partial charge >= 0.3 is 0 Å². The van der Waals surface area contributed by atoms with Crippen molar-refractivity contribution in [1.29, 1.82) is 0 Å². The third-order valence-corrected chi connectivity index (χ3v) is 4.31. The van der Waals surface area contributed by atoms with Gasteiger partial charge in [0, 0.05) is 6.54 Å². The second-order valence-electron chi connectivity index (χ2n) is 5.80. The molecule has 0 bridgehead atoms. The van der Waals surface area contributed by atoms with Crippen LogP contribution in [0.1, 0.15) is 24.4 Å². The van der Waals surface area contributed by atoms with E-state index >= 15 is 0 Å². The molecule has 4 rings (SSSR count). The first kappa shape index (κ1) is 14.1. The molecule has 1 atom stereocenters. The predicted octanol–water partition coefficient (Wildman–Crippen LogP) is 1.77. The Kier molecular flexibility index (Phi) is 3.85. The molecule has 1 aliphatic rings. The van der Waals surface area contributed by atoms with Crippen molar-refractivity contribution < 1.29 is 0 Å². The summed E-state index contributed by atoms with van der Waals surface area (Å²) in [6.45, 7) is 3.12. The number of benzene rings is 1. The zero-order valence-electron chi connectivity index (χ0n) is 12.8. The van der Waals surface area contributed by atoms with Gasteiger partial charge in [0.1, 0.15) is 5.82 Å². The number of tetrazole rings is 1. The molecule has 7 heteroatoms. The topological polar surface area (TPSA) is 71.2 Å². The molecule has 3 heterocycles. The van der Waals surface area contributed by atoms with E-state index in [1.165, 1.54) is 23.0 Å². The first-order valence-corrected chi connectivity index (χ1v) is 7.98. The Morgan fingerprint density at radius 3 is 2.70 bits per heavy atom. The van der Waals surface area contributed by atoms with E-state index in [0.29, 0.717) is 11.7 Å². The molecule has 0 radical (unpaired) electrons. The van der Waals surface area contributed by atoms with E-state index in [1.807, 2.05) is 12.1 Å². The van der Waals surface area contributed by atoms with Crippen LogP contribution in [-0.4, -0.2) is 49.8 Å². The fraction of sp³-hybridized carbons (Fsp3) is 0.375. The van der Waals surface area contributed by atoms with Crippen molar-refractivity contribution in [2.75, 3.05) is 25.0 Å². The number of hydrogen-bond donors (Lipinski definition) is 1. The number of hydrogen-bond acceptors (Lipinski definition) is 6. The molecular formula is C16H19N7. The molecular weight excluding hydrogens is 290 g/mol. The van der Waals surface area contributed by atoms with Crippen LogP contribution in [0.2, 0.25) is 0 Å². The normalized spacial score (nSPS) is 16.7. The Hall–Kier alpha value is -2.54. The molecule has 1 fully saturated rings. The maximum atomic E-state index is 4.38. The van der Waals surface area contributed by atoms with Crippen LogP contribution < -0.4 is 5.32 Å². The number of anilines is 1. The standard InChI is InChI=1S/C16H19N7/c1-2-6-13(7-3-1)14(22-10-4-5-11-22)12-17-15-8-9-16-18-20-21-23(16)19-15/h1-3,6-9,14H,4-5,10-12H2,(H,17,19)/t14-/m1/s1. The summed E-state index contributed by atoms with van der Waals surface area (Å²) in [5.74, 6) is 0.782. The van der Waals surface area contributed by atoms with Crippen molar-refractivity contribution in [3.8, 4) is 0 Å². The van der Waals surface area contributed by atoms with Gasteiger partial charge in [-0.2, -0.15) is 0 Å². The molecule has 3 aromatic rings. The molecule has 7 nitrogen and oxygen atoms in total. The highest BCUT2D eigenvalue weighted by molar-refractivity contribution is 5.42. The Labute approximate surface area is 134 Å². The first-order chi connectivity index (χ1) is 11.4. The van der Waals surface area contributed by atoms with Crippen molar-refractivity contribution in [1.82, 2.24) is 30.2 Å². The molecule has 0 saturated carbocycles. The fourth-order valence-electron chi connectivity index (χ4n) is 3.13. The summed E-state index contributed by atoms with van der Waals surface area (Å²) in [5.41, 5.74) is 1.99. The third-order valence-electron chi connectivity index (χ3n) is 4.31. The van der Waals surface area contributed by atoms with Crippen molar-refractivity contribution in [3.63, 3.8) is 0 Å². The minimum absolute atomic E-state index is 0.352. The van der Waals surface area contributed by atoms with E-state index < -0.39 is 0 Å². The summed E-state index contributed by atoms with van der Waals surface area (Å²) in [5, 5.41) is 19.1. The van der Waals surface area contributed by atoms with Gasteiger partial charge in [0.05, 0.1) is 6.04 Å². The molecule has 23 heavy (non-hydrogen) atoms. The third kappa shape index (κ3) is 3.00. The number of likely N-dealkylation sites (tertiary alicyclic amines) is 1. The van der Waals surface area contributed by atoms with Crippen LogP contribution in [0.5, 0.6) is 0 Å². The van der Waals surface area contributed by atoms with E-state index in [1.54, 1.807) is 0 Å². The van der Waals surface area contributed by atoms with Crippen LogP contribution in [0.3, 0.4) is 0 Å². The molecule has 0 spiro atoms. The van der Waals surface area contributed by atoms with Gasteiger partial charge in [-0.1, -0.05) is 30.3 Å². The Bertz CT molecular complexity index is 764. The second-order valence-corrected chi connectivity index (χ2v) is 5.80. The molecule has 1 N–H and O–H groups in total. The molecule has 1 aromatic carbocycles. The van der Waals surface area contributed by atoms with Gasteiger partial charge in [-0.25, -0.2) is 0 Å². The van der Waals surface area contributed by atoms with Gasteiger partial charge in [-0.15, -0.1) is 14.8 Å². The van der Waals surface area contributed by atoms with Crippen LogP contribution in [0.4, 0.5) is 5.82 Å². The molecule has 1 aliphatic heterocycles. The smallest absolute Gasteiger partial charge is 0.200 e. The highest BCUT2D eigenvalue weighted by atomic mass is 15.6. The van der Waals surface area contributed by atoms with Crippen LogP contribution in [0.15, 0.2) is 42.5 Å². The van der Waals surface area contributed by atoms with Gasteiger partial charge in [0.25, 0.3) is 0 Å². The lowest BCUT2D eigenvalue weighted by molar-refractivity contribution is 0.256. The number of aromatic nitrogens is 5. The maximum absolute atomic E-state index is 4.38. The second kappa shape index (κ2) is 6.29. The molecule has 0 unspecified atom stereocenters. The van der Waals surface area contributed by atoms with Crippen LogP contribution >= 0.6 is 0 Å². The lowest BCUT2D eigenvalue weighted by Gasteiger charge is -2.28. The lowest BCUT2D eigenvalue weighted by atomic mass is 10.1. The zero-order valence-corrected chi connectivity index (χ0v) is 12.8. The van der Waals surface area contributed by atoms with Gasteiger partial charge in [-0.05, 0) is 54.1 Å². The molecule has 1 saturated heterocycles. The lowest BCUT2D eigenvalue weighted by Crippen LogP contribution is -2.31. The number of fused-ring (bicyclic) bond motifs is 1. The fourth-order valence-corrected chi connectivity index (χ4v) is 3.13. The number of nitrogens with one attached hydrogen (secondary N) is 1. The van der Waals surface area contributed by atoms with Gasteiger partial charge in [0.2, 0.25) is 0 Å². The predicted molar refractivity (Wildman–Crippen MR) is 87.1 cm³/mol. The van der Waals surface area contributed by atoms with Crippen LogP contribution in [0.25, 0.3) is 5.65 Å². The minimum Gasteiger partial charge on any atom is -0.367 e. The van der Waals surface area contributed by atoms with Crippen molar-refractivity contribution in [2.24, 2.45) is 0 Å². The maximum Gasteiger partial charge on any atom is 0.200 e. The Morgan fingerprint density at radius 1 is 1.04 bits per heavy atom. The van der Waals surface area contributed by atoms with Crippen molar-refractivity contribution in [3.05, 3.63) is 48.0 Å². The first-order valence-electron chi connectivity index (χ1n) is 7.98. The number of nitrogens with zero attached hydrogens (tertiary/aromatic N) is 6. The largest absolute Gasteiger partial charge is 0.367 e. The summed E-state index contributed by atoms with van der Waals surface area (Å²) < 4.78 is 1.44. The Morgan fingerprint density at radius 2 is 1.87 bits per heavy atom. The van der Waals surface area contributed by atoms with Crippen molar-refractivity contribution in [2.45, 2.75) is 18.9 Å². The summed E-state index contributed by atoms with van der Waals surface area (Å²) in [6.07, 6.45) is 2.55. The average molecular weight is 309 g/mol. The summed E-state index contributed by atoms with van der Waals surface area (Å²) >= 11 is 0. The van der Waals surface area contributed by atoms with Gasteiger partial charge < -0.3 is 5.32 Å². The molecule has 0 aliphatic carbocycles. The van der Waals surface area contributed by atoms with Crippen molar-refractivity contribution >= 4 is 11.5 Å². The number of rotatable bonds is 5. The molecule has 118 valence electrons. The van der Waals surface area contributed by atoms with E-state index in [0.717, 1.165) is 25.5 Å². The van der Waals surface area contributed by atoms with E-state index in [9.17, 15) is 0 Å². The van der Waals surface area contributed by atoms with Gasteiger partial charge in [-0.3, -0.25) is 4.90 Å². The molecule has 2 aromatic heterocycles. The summed E-state index contributed by atoms with van der Waals surface area (Å²) in [7, 11) is 0. The SMILES string of the molecule is c1ccc([C@@H](CNc2ccc3nnnn3n2)N2CCCC2)cc1. The van der Waals surface area contributed by atoms with E-state index in [4.69, 9.17) is 0 Å². The highest BCUT2D eigenvalue weighted by Crippen LogP contribution is 2.25. The van der Waals surface area contributed by atoms with Crippen LogP contribution in [0, 0.1) is 0 Å². The van der Waals surface area contributed by atoms with Gasteiger partial charge in [0.15, 0.2) is 5.65 Å². The highest BCUT2D eigenvalue weighted by Gasteiger charge is 2.23.